The molecular weight excluding hydrogens is 310 g/mol. The molecule has 0 unspecified atom stereocenters. The molecule has 5 nitrogen and oxygen atoms in total. The largest absolute Gasteiger partial charge is 0.352 e. The molecule has 1 aromatic carbocycles. The molecule has 3 rings (SSSR count). The summed E-state index contributed by atoms with van der Waals surface area (Å²) in [4.78, 5) is 13.0. The first-order chi connectivity index (χ1) is 12.3. The lowest BCUT2D eigenvalue weighted by Gasteiger charge is -2.12. The van der Waals surface area contributed by atoms with Crippen LogP contribution in [0.3, 0.4) is 0 Å². The van der Waals surface area contributed by atoms with E-state index in [0.717, 1.165) is 22.9 Å². The summed E-state index contributed by atoms with van der Waals surface area (Å²) in [5, 5.41) is 6.59. The van der Waals surface area contributed by atoms with Crippen molar-refractivity contribution in [3.05, 3.63) is 84.3 Å². The van der Waals surface area contributed by atoms with Crippen molar-refractivity contribution >= 4 is 5.96 Å². The highest BCUT2D eigenvalue weighted by atomic mass is 15.2. The Morgan fingerprint density at radius 2 is 1.68 bits per heavy atom. The van der Waals surface area contributed by atoms with Gasteiger partial charge in [0.2, 0.25) is 0 Å². The van der Waals surface area contributed by atoms with Gasteiger partial charge < -0.3 is 10.6 Å². The SMILES string of the molecule is CN=C(NCc1cccc(-c2ccccn2)c1)NCc1ccccn1. The molecule has 126 valence electrons. The highest BCUT2D eigenvalue weighted by Crippen LogP contribution is 2.17. The average Bonchev–Trinajstić information content (AvgIpc) is 2.70. The number of pyridine rings is 2. The molecule has 2 aromatic heterocycles. The summed E-state index contributed by atoms with van der Waals surface area (Å²) in [6, 6.07) is 20.1. The van der Waals surface area contributed by atoms with E-state index in [2.05, 4.69) is 43.8 Å². The first-order valence-electron chi connectivity index (χ1n) is 8.20. The minimum atomic E-state index is 0.633. The maximum atomic E-state index is 4.40. The van der Waals surface area contributed by atoms with Gasteiger partial charge in [-0.1, -0.05) is 30.3 Å². The van der Waals surface area contributed by atoms with Crippen LogP contribution >= 0.6 is 0 Å². The van der Waals surface area contributed by atoms with Gasteiger partial charge in [0, 0.05) is 31.5 Å². The van der Waals surface area contributed by atoms with Crippen molar-refractivity contribution in [3.63, 3.8) is 0 Å². The Morgan fingerprint density at radius 1 is 0.880 bits per heavy atom. The predicted molar refractivity (Wildman–Crippen MR) is 101 cm³/mol. The maximum Gasteiger partial charge on any atom is 0.191 e. The van der Waals surface area contributed by atoms with Crippen molar-refractivity contribution in [3.8, 4) is 11.3 Å². The quantitative estimate of drug-likeness (QED) is 0.557. The standard InChI is InChI=1S/C20H21N5/c1-21-20(25-15-18-9-2-4-11-22-18)24-14-16-7-6-8-17(13-16)19-10-3-5-12-23-19/h2-13H,14-15H2,1H3,(H2,21,24,25). The molecule has 0 saturated heterocycles. The van der Waals surface area contributed by atoms with E-state index in [1.807, 2.05) is 48.7 Å². The van der Waals surface area contributed by atoms with Crippen LogP contribution in [0.4, 0.5) is 0 Å². The number of rotatable bonds is 5. The highest BCUT2D eigenvalue weighted by molar-refractivity contribution is 5.79. The third kappa shape index (κ3) is 4.88. The Bertz CT molecular complexity index is 816. The van der Waals surface area contributed by atoms with Crippen LogP contribution in [0.25, 0.3) is 11.3 Å². The third-order valence-corrected chi connectivity index (χ3v) is 3.73. The van der Waals surface area contributed by atoms with Crippen molar-refractivity contribution in [1.82, 2.24) is 20.6 Å². The van der Waals surface area contributed by atoms with Gasteiger partial charge in [0.1, 0.15) is 0 Å². The number of aromatic nitrogens is 2. The zero-order valence-corrected chi connectivity index (χ0v) is 14.2. The van der Waals surface area contributed by atoms with E-state index in [0.29, 0.717) is 13.1 Å². The molecule has 0 radical (unpaired) electrons. The van der Waals surface area contributed by atoms with Crippen molar-refractivity contribution in [2.24, 2.45) is 4.99 Å². The molecule has 2 heterocycles. The second-order valence-electron chi connectivity index (χ2n) is 5.52. The number of hydrogen-bond acceptors (Lipinski definition) is 3. The van der Waals surface area contributed by atoms with Crippen molar-refractivity contribution in [2.75, 3.05) is 7.05 Å². The van der Waals surface area contributed by atoms with E-state index >= 15 is 0 Å². The summed E-state index contributed by atoms with van der Waals surface area (Å²) in [6.45, 7) is 1.32. The molecule has 3 aromatic rings. The molecule has 0 spiro atoms. The fourth-order valence-electron chi connectivity index (χ4n) is 2.46. The van der Waals surface area contributed by atoms with Crippen LogP contribution in [-0.4, -0.2) is 23.0 Å². The monoisotopic (exact) mass is 331 g/mol. The van der Waals surface area contributed by atoms with Gasteiger partial charge in [0.05, 0.1) is 17.9 Å². The Labute approximate surface area is 147 Å². The van der Waals surface area contributed by atoms with Gasteiger partial charge in [-0.3, -0.25) is 15.0 Å². The Morgan fingerprint density at radius 3 is 2.40 bits per heavy atom. The highest BCUT2D eigenvalue weighted by Gasteiger charge is 2.02. The van der Waals surface area contributed by atoms with Gasteiger partial charge in [-0.15, -0.1) is 0 Å². The zero-order chi connectivity index (χ0) is 17.3. The van der Waals surface area contributed by atoms with Gasteiger partial charge in [-0.05, 0) is 35.9 Å². The Hall–Kier alpha value is -3.21. The molecule has 0 fully saturated rings. The molecule has 0 saturated carbocycles. The van der Waals surface area contributed by atoms with Crippen LogP contribution in [0, 0.1) is 0 Å². The van der Waals surface area contributed by atoms with Crippen molar-refractivity contribution in [1.29, 1.82) is 0 Å². The minimum absolute atomic E-state index is 0.633. The van der Waals surface area contributed by atoms with Crippen LogP contribution < -0.4 is 10.6 Å². The van der Waals surface area contributed by atoms with Crippen LogP contribution in [0.5, 0.6) is 0 Å². The van der Waals surface area contributed by atoms with Crippen LogP contribution in [0.15, 0.2) is 78.0 Å². The summed E-state index contributed by atoms with van der Waals surface area (Å²) in [7, 11) is 1.76. The number of nitrogens with zero attached hydrogens (tertiary/aromatic N) is 3. The minimum Gasteiger partial charge on any atom is -0.352 e. The first kappa shape index (κ1) is 16.6. The van der Waals surface area contributed by atoms with E-state index < -0.39 is 0 Å². The Kier molecular flexibility index (Phi) is 5.72. The average molecular weight is 331 g/mol. The molecule has 25 heavy (non-hydrogen) atoms. The summed E-state index contributed by atoms with van der Waals surface area (Å²) >= 11 is 0. The molecule has 5 heteroatoms. The van der Waals surface area contributed by atoms with Gasteiger partial charge >= 0.3 is 0 Å². The molecule has 2 N–H and O–H groups in total. The van der Waals surface area contributed by atoms with E-state index in [1.54, 1.807) is 13.2 Å². The van der Waals surface area contributed by atoms with Gasteiger partial charge in [-0.2, -0.15) is 0 Å². The lowest BCUT2D eigenvalue weighted by molar-refractivity contribution is 0.794. The first-order valence-corrected chi connectivity index (χ1v) is 8.20. The number of guanidine groups is 1. The molecular formula is C20H21N5. The molecule has 0 aliphatic heterocycles. The molecule has 0 atom stereocenters. The number of benzene rings is 1. The summed E-state index contributed by atoms with van der Waals surface area (Å²) in [6.07, 6.45) is 3.60. The maximum absolute atomic E-state index is 4.40. The van der Waals surface area contributed by atoms with Crippen molar-refractivity contribution < 1.29 is 0 Å². The fourth-order valence-corrected chi connectivity index (χ4v) is 2.46. The lowest BCUT2D eigenvalue weighted by Crippen LogP contribution is -2.36. The molecule has 0 aliphatic rings. The summed E-state index contributed by atoms with van der Waals surface area (Å²) in [5.41, 5.74) is 4.23. The Balaban J connectivity index is 1.59. The smallest absolute Gasteiger partial charge is 0.191 e. The molecule has 0 bridgehead atoms. The van der Waals surface area contributed by atoms with Gasteiger partial charge in [0.25, 0.3) is 0 Å². The number of nitrogens with one attached hydrogen (secondary N) is 2. The van der Waals surface area contributed by atoms with Gasteiger partial charge in [0.15, 0.2) is 5.96 Å². The second-order valence-corrected chi connectivity index (χ2v) is 5.52. The van der Waals surface area contributed by atoms with Gasteiger partial charge in [-0.25, -0.2) is 0 Å². The van der Waals surface area contributed by atoms with E-state index in [9.17, 15) is 0 Å². The van der Waals surface area contributed by atoms with E-state index in [-0.39, 0.29) is 0 Å². The number of hydrogen-bond donors (Lipinski definition) is 2. The predicted octanol–water partition coefficient (Wildman–Crippen LogP) is 3.01. The molecule has 0 amide bonds. The summed E-state index contributed by atoms with van der Waals surface area (Å²) in [5.74, 6) is 0.744. The lowest BCUT2D eigenvalue weighted by atomic mass is 10.1. The number of aliphatic imine (C=N–C) groups is 1. The van der Waals surface area contributed by atoms with E-state index in [4.69, 9.17) is 0 Å². The second kappa shape index (κ2) is 8.59. The normalized spacial score (nSPS) is 11.2. The zero-order valence-electron chi connectivity index (χ0n) is 14.2. The molecule has 0 aliphatic carbocycles. The van der Waals surface area contributed by atoms with Crippen LogP contribution in [0.1, 0.15) is 11.3 Å². The summed E-state index contributed by atoms with van der Waals surface area (Å²) < 4.78 is 0. The third-order valence-electron chi connectivity index (χ3n) is 3.73. The van der Waals surface area contributed by atoms with Crippen LogP contribution in [0.2, 0.25) is 0 Å². The van der Waals surface area contributed by atoms with Crippen LogP contribution in [-0.2, 0) is 13.1 Å². The topological polar surface area (TPSA) is 62.2 Å². The van der Waals surface area contributed by atoms with E-state index in [1.165, 1.54) is 5.56 Å². The van der Waals surface area contributed by atoms with Crippen molar-refractivity contribution in [2.45, 2.75) is 13.1 Å². The fraction of sp³-hybridized carbons (Fsp3) is 0.150.